The summed E-state index contributed by atoms with van der Waals surface area (Å²) in [6.07, 6.45) is -4.80. The van der Waals surface area contributed by atoms with Crippen molar-refractivity contribution in [2.75, 3.05) is 10.6 Å². The van der Waals surface area contributed by atoms with Crippen molar-refractivity contribution in [2.45, 2.75) is 39.0 Å². The third-order valence-electron chi connectivity index (χ3n) is 3.85. The summed E-state index contributed by atoms with van der Waals surface area (Å²) in [6.45, 7) is 5.33. The zero-order valence-electron chi connectivity index (χ0n) is 15.6. The maximum absolute atomic E-state index is 14.4. The molecule has 0 unspecified atom stereocenters. The van der Waals surface area contributed by atoms with Gasteiger partial charge in [-0.25, -0.2) is 4.39 Å². The molecule has 0 saturated heterocycles. The minimum absolute atomic E-state index is 0.00491. The predicted octanol–water partition coefficient (Wildman–Crippen LogP) is 3.31. The summed E-state index contributed by atoms with van der Waals surface area (Å²) in [5, 5.41) is 8.83. The molecule has 0 atom stereocenters. The number of anilines is 2. The summed E-state index contributed by atoms with van der Waals surface area (Å²) in [5.74, 6) is -2.69. The molecule has 0 aliphatic rings. The number of hydrogen-bond acceptors (Lipinski definition) is 7. The van der Waals surface area contributed by atoms with Crippen LogP contribution in [0.5, 0.6) is 0 Å². The van der Waals surface area contributed by atoms with Crippen molar-refractivity contribution in [1.82, 2.24) is 10.1 Å². The molecule has 0 aliphatic heterocycles. The highest BCUT2D eigenvalue weighted by molar-refractivity contribution is 5.74. The molecule has 11 heteroatoms. The van der Waals surface area contributed by atoms with Crippen LogP contribution in [-0.4, -0.2) is 15.7 Å². The average Bonchev–Trinajstić information content (AvgIpc) is 3.11. The van der Waals surface area contributed by atoms with Crippen molar-refractivity contribution < 1.29 is 22.1 Å². The topological polar surface area (TPSA) is 97.1 Å². The van der Waals surface area contributed by atoms with E-state index < -0.39 is 40.1 Å². The van der Waals surface area contributed by atoms with E-state index in [9.17, 15) is 27.2 Å². The van der Waals surface area contributed by atoms with Gasteiger partial charge >= 0.3 is 12.1 Å². The third-order valence-corrected chi connectivity index (χ3v) is 3.85. The van der Waals surface area contributed by atoms with E-state index in [0.717, 1.165) is 6.07 Å². The van der Waals surface area contributed by atoms with Gasteiger partial charge in [-0.2, -0.15) is 18.2 Å². The van der Waals surface area contributed by atoms with Crippen LogP contribution >= 0.6 is 0 Å². The molecule has 0 aliphatic carbocycles. The molecule has 0 saturated carbocycles. The number of rotatable bonds is 5. The maximum Gasteiger partial charge on any atom is 0.471 e. The van der Waals surface area contributed by atoms with Gasteiger partial charge in [0.1, 0.15) is 17.2 Å². The van der Waals surface area contributed by atoms with Crippen LogP contribution in [0.15, 0.2) is 32.3 Å². The number of alkyl halides is 3. The van der Waals surface area contributed by atoms with Crippen LogP contribution in [0.3, 0.4) is 0 Å². The van der Waals surface area contributed by atoms with Gasteiger partial charge in [-0.3, -0.25) is 9.59 Å². The molecule has 0 radical (unpaired) electrons. The predicted molar refractivity (Wildman–Crippen MR) is 96.8 cm³/mol. The third kappa shape index (κ3) is 4.28. The Hall–Kier alpha value is -3.24. The molecule has 1 heterocycles. The molecule has 0 bridgehead atoms. The number of hydrogen-bond donors (Lipinski definition) is 2. The lowest BCUT2D eigenvalue weighted by atomic mass is 10.1. The molecule has 29 heavy (non-hydrogen) atoms. The summed E-state index contributed by atoms with van der Waals surface area (Å²) < 4.78 is 56.1. The lowest BCUT2D eigenvalue weighted by molar-refractivity contribution is -0.159. The highest BCUT2D eigenvalue weighted by atomic mass is 19.4. The van der Waals surface area contributed by atoms with E-state index in [2.05, 4.69) is 25.3 Å². The van der Waals surface area contributed by atoms with E-state index in [4.69, 9.17) is 0 Å². The minimum Gasteiger partial charge on any atom is -0.376 e. The van der Waals surface area contributed by atoms with Crippen LogP contribution in [-0.2, 0) is 12.7 Å². The van der Waals surface area contributed by atoms with Gasteiger partial charge in [0.2, 0.25) is 5.82 Å². The monoisotopic (exact) mass is 412 g/mol. The smallest absolute Gasteiger partial charge is 0.376 e. The minimum atomic E-state index is -4.80. The first-order chi connectivity index (χ1) is 13.4. The molecule has 0 fully saturated rings. The highest BCUT2D eigenvalue weighted by Gasteiger charge is 2.38. The lowest BCUT2D eigenvalue weighted by Gasteiger charge is -2.24. The Bertz CT molecular complexity index is 1120. The van der Waals surface area contributed by atoms with Crippen LogP contribution in [0.4, 0.5) is 28.9 Å². The average molecular weight is 412 g/mol. The second-order valence-corrected chi connectivity index (χ2v) is 7.36. The van der Waals surface area contributed by atoms with E-state index in [1.54, 1.807) is 0 Å². The highest BCUT2D eigenvalue weighted by Crippen LogP contribution is 2.30. The van der Waals surface area contributed by atoms with Crippen molar-refractivity contribution in [3.63, 3.8) is 0 Å². The summed E-state index contributed by atoms with van der Waals surface area (Å²) in [5.41, 5.74) is -1.51. The summed E-state index contributed by atoms with van der Waals surface area (Å²) >= 11 is 0. The first-order valence-electron chi connectivity index (χ1n) is 8.42. The fourth-order valence-electron chi connectivity index (χ4n) is 2.52. The van der Waals surface area contributed by atoms with Crippen molar-refractivity contribution in [3.05, 3.63) is 55.9 Å². The Morgan fingerprint density at radius 2 is 1.72 bits per heavy atom. The fraction of sp³-hybridized carbons (Fsp3) is 0.333. The van der Waals surface area contributed by atoms with Crippen LogP contribution in [0, 0.1) is 5.82 Å². The van der Waals surface area contributed by atoms with E-state index in [-0.39, 0.29) is 29.0 Å². The molecular weight excluding hydrogens is 396 g/mol. The molecule has 3 rings (SSSR count). The van der Waals surface area contributed by atoms with Crippen LogP contribution in [0.25, 0.3) is 11.4 Å². The van der Waals surface area contributed by atoms with Gasteiger partial charge in [0.15, 0.2) is 0 Å². The SMILES string of the molecule is CC(C)(C)Nc1c(NCc2ccc(-c3noc(C(F)(F)F)n3)cc2F)c(=O)c1=O. The van der Waals surface area contributed by atoms with Crippen molar-refractivity contribution in [2.24, 2.45) is 0 Å². The van der Waals surface area contributed by atoms with Gasteiger partial charge in [-0.1, -0.05) is 17.3 Å². The van der Waals surface area contributed by atoms with Crippen LogP contribution in [0.2, 0.25) is 0 Å². The Labute approximate surface area is 161 Å². The second-order valence-electron chi connectivity index (χ2n) is 7.36. The van der Waals surface area contributed by atoms with Gasteiger partial charge in [-0.15, -0.1) is 0 Å². The second kappa shape index (κ2) is 6.98. The normalized spacial score (nSPS) is 12.4. The number of aromatic nitrogens is 2. The van der Waals surface area contributed by atoms with Gasteiger partial charge in [0, 0.05) is 23.2 Å². The van der Waals surface area contributed by atoms with Gasteiger partial charge < -0.3 is 15.2 Å². The molecule has 0 spiro atoms. The van der Waals surface area contributed by atoms with E-state index in [0.29, 0.717) is 0 Å². The summed E-state index contributed by atoms with van der Waals surface area (Å²) in [6, 6.07) is 3.59. The van der Waals surface area contributed by atoms with E-state index >= 15 is 0 Å². The number of benzene rings is 1. The number of nitrogens with one attached hydrogen (secondary N) is 2. The first kappa shape index (κ1) is 20.5. The lowest BCUT2D eigenvalue weighted by Crippen LogP contribution is -2.41. The molecular formula is C18H16F4N4O3. The van der Waals surface area contributed by atoms with Gasteiger partial charge in [0.25, 0.3) is 10.9 Å². The van der Waals surface area contributed by atoms with Gasteiger partial charge in [0.05, 0.1) is 0 Å². The van der Waals surface area contributed by atoms with Crippen molar-refractivity contribution in [1.29, 1.82) is 0 Å². The Kier molecular flexibility index (Phi) is 4.93. The fourth-order valence-corrected chi connectivity index (χ4v) is 2.52. The van der Waals surface area contributed by atoms with E-state index in [1.165, 1.54) is 12.1 Å². The Balaban J connectivity index is 1.76. The van der Waals surface area contributed by atoms with Crippen LogP contribution < -0.4 is 21.5 Å². The maximum atomic E-state index is 14.4. The molecule has 0 amide bonds. The number of nitrogens with zero attached hydrogens (tertiary/aromatic N) is 2. The zero-order valence-corrected chi connectivity index (χ0v) is 15.6. The molecule has 2 N–H and O–H groups in total. The summed E-state index contributed by atoms with van der Waals surface area (Å²) in [4.78, 5) is 26.7. The van der Waals surface area contributed by atoms with Crippen LogP contribution in [0.1, 0.15) is 32.2 Å². The number of halogens is 4. The zero-order chi connectivity index (χ0) is 21.6. The summed E-state index contributed by atoms with van der Waals surface area (Å²) in [7, 11) is 0. The molecule has 2 aromatic carbocycles. The molecule has 7 nitrogen and oxygen atoms in total. The van der Waals surface area contributed by atoms with E-state index in [1.807, 2.05) is 20.8 Å². The largest absolute Gasteiger partial charge is 0.471 e. The first-order valence-corrected chi connectivity index (χ1v) is 8.42. The Morgan fingerprint density at radius 3 is 2.28 bits per heavy atom. The molecule has 3 aromatic rings. The van der Waals surface area contributed by atoms with Crippen molar-refractivity contribution in [3.8, 4) is 11.4 Å². The van der Waals surface area contributed by atoms with Crippen molar-refractivity contribution >= 4 is 11.4 Å². The molecule has 1 aromatic heterocycles. The Morgan fingerprint density at radius 1 is 1.07 bits per heavy atom. The standard InChI is InChI=1S/C18H16F4N4O3/c1-17(2,3)25-12-11(13(27)14(12)28)23-7-9-5-4-8(6-10(9)19)15-24-16(29-26-15)18(20,21)22/h4-6,23,25H,7H2,1-3H3. The quantitative estimate of drug-likeness (QED) is 0.490. The molecule has 154 valence electrons. The van der Waals surface area contributed by atoms with Gasteiger partial charge in [-0.05, 0) is 26.8 Å².